The van der Waals surface area contributed by atoms with E-state index in [1.54, 1.807) is 0 Å². The molecule has 2 amide bonds. The zero-order chi connectivity index (χ0) is 19.5. The number of hydrogen-bond donors (Lipinski definition) is 1. The first-order chi connectivity index (χ1) is 12.2. The second-order valence-corrected chi connectivity index (χ2v) is 6.60. The first-order valence-corrected chi connectivity index (χ1v) is 8.46. The van der Waals surface area contributed by atoms with Gasteiger partial charge in [-0.15, -0.1) is 0 Å². The predicted octanol–water partition coefficient (Wildman–Crippen LogP) is 1.45. The fraction of sp³-hybridized carbons (Fsp3) is 0.500. The van der Waals surface area contributed by atoms with E-state index in [1.807, 2.05) is 0 Å². The van der Waals surface area contributed by atoms with Gasteiger partial charge in [0.15, 0.2) is 0 Å². The van der Waals surface area contributed by atoms with Gasteiger partial charge in [0.25, 0.3) is 0 Å². The summed E-state index contributed by atoms with van der Waals surface area (Å²) in [5.74, 6) is -3.52. The molecule has 0 spiro atoms. The number of benzene rings is 1. The van der Waals surface area contributed by atoms with E-state index in [0.717, 1.165) is 12.1 Å². The second kappa shape index (κ2) is 8.01. The van der Waals surface area contributed by atoms with Crippen molar-refractivity contribution in [3.8, 4) is 0 Å². The van der Waals surface area contributed by atoms with Gasteiger partial charge >= 0.3 is 17.8 Å². The number of carbonyl (C=O) groups excluding carboxylic acids is 3. The molecule has 0 saturated carbocycles. The minimum Gasteiger partial charge on any atom is -0.465 e. The molecule has 0 bridgehead atoms. The van der Waals surface area contributed by atoms with Crippen molar-refractivity contribution in [1.29, 1.82) is 0 Å². The summed E-state index contributed by atoms with van der Waals surface area (Å²) in [7, 11) is 1.19. The van der Waals surface area contributed by atoms with Gasteiger partial charge in [-0.25, -0.2) is 23.2 Å². The van der Waals surface area contributed by atoms with Gasteiger partial charge in [0, 0.05) is 12.5 Å². The highest BCUT2D eigenvalue weighted by atomic mass is 19.1. The van der Waals surface area contributed by atoms with Gasteiger partial charge in [-0.05, 0) is 37.5 Å². The number of ether oxygens (including phenoxy) is 1. The van der Waals surface area contributed by atoms with Crippen LogP contribution in [0.2, 0.25) is 0 Å². The van der Waals surface area contributed by atoms with E-state index in [-0.39, 0.29) is 18.5 Å². The zero-order valence-corrected chi connectivity index (χ0v) is 14.8. The normalized spacial score (nSPS) is 24.0. The van der Waals surface area contributed by atoms with Gasteiger partial charge in [-0.1, -0.05) is 0 Å². The molecule has 8 heteroatoms. The maximum Gasteiger partial charge on any atom is 0.365 e. The number of halogens is 2. The van der Waals surface area contributed by atoms with Crippen LogP contribution in [0.4, 0.5) is 8.78 Å². The van der Waals surface area contributed by atoms with Crippen molar-refractivity contribution < 1.29 is 32.4 Å². The van der Waals surface area contributed by atoms with E-state index in [9.17, 15) is 23.2 Å². The summed E-state index contributed by atoms with van der Waals surface area (Å²) in [6.45, 7) is 1.55. The molecule has 1 aromatic rings. The van der Waals surface area contributed by atoms with Crippen LogP contribution in [0.3, 0.4) is 0 Å². The fourth-order valence-electron chi connectivity index (χ4n) is 3.59. The molecule has 1 aromatic carbocycles. The average Bonchev–Trinajstić information content (AvgIpc) is 2.59. The highest BCUT2D eigenvalue weighted by molar-refractivity contribution is 5.92. The molecule has 0 aliphatic carbocycles. The Labute approximate surface area is 150 Å². The Hall–Kier alpha value is -2.19. The number of piperidine rings is 1. The summed E-state index contributed by atoms with van der Waals surface area (Å²) in [6, 6.07) is 0.783. The Morgan fingerprint density at radius 3 is 2.38 bits per heavy atom. The first-order valence-electron chi connectivity index (χ1n) is 8.46. The van der Waals surface area contributed by atoms with Gasteiger partial charge in [-0.3, -0.25) is 0 Å². The standard InChI is InChI=1S/C18H23F2N2O4/c1-11(21)17(24)22(6-4-3-5-15(22)18(25)26-2)16(23)9-12-7-13(19)10-14(20)8-12/h7-8,10-11,15H,3-6,9,21H2,1-2H3/q+1/t11-,15?,22?/m0/s1. The lowest BCUT2D eigenvalue weighted by atomic mass is 9.94. The largest absolute Gasteiger partial charge is 0.465 e. The van der Waals surface area contributed by atoms with E-state index in [4.69, 9.17) is 10.5 Å². The maximum atomic E-state index is 13.4. The number of nitrogens with two attached hydrogens (primary N) is 1. The molecule has 1 fully saturated rings. The van der Waals surface area contributed by atoms with Gasteiger partial charge in [0.2, 0.25) is 6.04 Å². The number of rotatable bonds is 4. The van der Waals surface area contributed by atoms with Crippen LogP contribution >= 0.6 is 0 Å². The molecule has 0 aromatic heterocycles. The fourth-order valence-corrected chi connectivity index (χ4v) is 3.59. The maximum absolute atomic E-state index is 13.4. The Morgan fingerprint density at radius 1 is 1.23 bits per heavy atom. The highest BCUT2D eigenvalue weighted by Crippen LogP contribution is 2.30. The monoisotopic (exact) mass is 369 g/mol. The second-order valence-electron chi connectivity index (χ2n) is 6.60. The minimum absolute atomic E-state index is 0.0941. The molecule has 0 radical (unpaired) electrons. The Balaban J connectivity index is 2.47. The summed E-state index contributed by atoms with van der Waals surface area (Å²) in [6.07, 6.45) is 1.12. The number of hydrogen-bond acceptors (Lipinski definition) is 5. The van der Waals surface area contributed by atoms with Crippen molar-refractivity contribution in [1.82, 2.24) is 0 Å². The zero-order valence-electron chi connectivity index (χ0n) is 14.8. The van der Waals surface area contributed by atoms with Crippen LogP contribution in [0.25, 0.3) is 0 Å². The van der Waals surface area contributed by atoms with Crippen molar-refractivity contribution in [2.24, 2.45) is 5.73 Å². The molecular formula is C18H23F2N2O4+. The number of methoxy groups -OCH3 is 1. The van der Waals surface area contributed by atoms with Crippen molar-refractivity contribution in [2.75, 3.05) is 13.7 Å². The molecular weight excluding hydrogens is 346 g/mol. The van der Waals surface area contributed by atoms with Crippen molar-refractivity contribution in [3.63, 3.8) is 0 Å². The predicted molar refractivity (Wildman–Crippen MR) is 88.5 cm³/mol. The van der Waals surface area contributed by atoms with E-state index in [0.29, 0.717) is 25.3 Å². The topological polar surface area (TPSA) is 86.5 Å². The van der Waals surface area contributed by atoms with Crippen LogP contribution in [0, 0.1) is 11.6 Å². The van der Waals surface area contributed by atoms with Crippen molar-refractivity contribution in [2.45, 2.75) is 44.7 Å². The number of amides is 2. The van der Waals surface area contributed by atoms with Crippen molar-refractivity contribution in [3.05, 3.63) is 35.4 Å². The van der Waals surface area contributed by atoms with Gasteiger partial charge in [0.1, 0.15) is 17.7 Å². The molecule has 1 saturated heterocycles. The van der Waals surface area contributed by atoms with Crippen LogP contribution in [0.15, 0.2) is 18.2 Å². The smallest absolute Gasteiger partial charge is 0.365 e. The molecule has 6 nitrogen and oxygen atoms in total. The number of likely N-dealkylation sites (tertiary alicyclic amines) is 1. The third-order valence-corrected chi connectivity index (χ3v) is 4.75. The third-order valence-electron chi connectivity index (χ3n) is 4.75. The Bertz CT molecular complexity index is 703. The quantitative estimate of drug-likeness (QED) is 0.641. The van der Waals surface area contributed by atoms with Crippen molar-refractivity contribution >= 4 is 17.8 Å². The summed E-state index contributed by atoms with van der Waals surface area (Å²) in [4.78, 5) is 38.3. The molecule has 1 aliphatic heterocycles. The van der Waals surface area contributed by atoms with E-state index in [2.05, 4.69) is 0 Å². The summed E-state index contributed by atoms with van der Waals surface area (Å²) in [5, 5.41) is 0. The highest BCUT2D eigenvalue weighted by Gasteiger charge is 2.56. The average molecular weight is 369 g/mol. The first kappa shape index (κ1) is 20.1. The number of nitrogens with zero attached hydrogens (tertiary/aromatic N) is 1. The summed E-state index contributed by atoms with van der Waals surface area (Å²) >= 11 is 0. The van der Waals surface area contributed by atoms with E-state index >= 15 is 0 Å². The van der Waals surface area contributed by atoms with Crippen LogP contribution in [0.1, 0.15) is 31.7 Å². The number of esters is 1. The van der Waals surface area contributed by atoms with Gasteiger partial charge < -0.3 is 10.5 Å². The number of imide groups is 1. The molecule has 1 heterocycles. The number of carbonyl (C=O) groups is 3. The Morgan fingerprint density at radius 2 is 1.85 bits per heavy atom. The number of quaternary nitrogens is 1. The van der Waals surface area contributed by atoms with E-state index < -0.39 is 46.0 Å². The van der Waals surface area contributed by atoms with Gasteiger partial charge in [-0.2, -0.15) is 4.48 Å². The molecule has 1 aliphatic rings. The lowest BCUT2D eigenvalue weighted by Crippen LogP contribution is -2.70. The van der Waals surface area contributed by atoms with Crippen LogP contribution in [0.5, 0.6) is 0 Å². The molecule has 2 rings (SSSR count). The van der Waals surface area contributed by atoms with E-state index in [1.165, 1.54) is 14.0 Å². The molecule has 2 N–H and O–H groups in total. The van der Waals surface area contributed by atoms with Gasteiger partial charge in [0.05, 0.1) is 20.1 Å². The van der Waals surface area contributed by atoms with Crippen LogP contribution < -0.4 is 5.73 Å². The SMILES string of the molecule is COC(=O)C1CCCC[N+]1(C(=O)Cc1cc(F)cc(F)c1)C(=O)[C@H](C)N. The van der Waals surface area contributed by atoms with Crippen LogP contribution in [-0.4, -0.2) is 48.0 Å². The Kier molecular flexibility index (Phi) is 6.20. The molecule has 3 atom stereocenters. The summed E-state index contributed by atoms with van der Waals surface area (Å²) in [5.41, 5.74) is 5.84. The minimum atomic E-state index is -1.00. The lowest BCUT2D eigenvalue weighted by Gasteiger charge is -2.42. The molecule has 142 valence electrons. The molecule has 2 unspecified atom stereocenters. The van der Waals surface area contributed by atoms with Crippen LogP contribution in [-0.2, 0) is 25.5 Å². The third kappa shape index (κ3) is 3.81. The summed E-state index contributed by atoms with van der Waals surface area (Å²) < 4.78 is 30.9. The lowest BCUT2D eigenvalue weighted by molar-refractivity contribution is -0.804. The molecule has 26 heavy (non-hydrogen) atoms.